The molecule has 1 fully saturated rings. The zero-order valence-corrected chi connectivity index (χ0v) is 6.93. The van der Waals surface area contributed by atoms with Gasteiger partial charge in [-0.1, -0.05) is 6.92 Å². The third-order valence-corrected chi connectivity index (χ3v) is 1.87. The second-order valence-electron chi connectivity index (χ2n) is 2.82. The van der Waals surface area contributed by atoms with Crippen LogP contribution in [0.25, 0.3) is 0 Å². The van der Waals surface area contributed by atoms with Crippen LogP contribution in [-0.4, -0.2) is 31.6 Å². The maximum atomic E-state index is 11.0. The summed E-state index contributed by atoms with van der Waals surface area (Å²) in [6, 6.07) is 0.260. The van der Waals surface area contributed by atoms with Gasteiger partial charge in [-0.2, -0.15) is 0 Å². The molecule has 64 valence electrons. The van der Waals surface area contributed by atoms with Crippen molar-refractivity contribution >= 4 is 5.78 Å². The molecule has 3 nitrogen and oxygen atoms in total. The number of carbonyl (C=O) groups excluding carboxylic acids is 1. The molecule has 0 amide bonds. The number of ketones is 1. The second-order valence-corrected chi connectivity index (χ2v) is 2.82. The zero-order chi connectivity index (χ0) is 8.10. The van der Waals surface area contributed by atoms with Crippen LogP contribution in [0.2, 0.25) is 0 Å². The minimum absolute atomic E-state index is 0.260. The number of Topliss-reactive ketones (excluding diaryl/α,β-unsaturated/α-hetero) is 1. The van der Waals surface area contributed by atoms with Gasteiger partial charge in [-0.15, -0.1) is 0 Å². The average molecular weight is 157 g/mol. The summed E-state index contributed by atoms with van der Waals surface area (Å²) in [5.74, 6) is 0.313. The summed E-state index contributed by atoms with van der Waals surface area (Å²) < 4.78 is 5.21. The Hall–Kier alpha value is -0.410. The topological polar surface area (TPSA) is 38.3 Å². The second kappa shape index (κ2) is 4.46. The lowest BCUT2D eigenvalue weighted by atomic mass is 10.1. The minimum Gasteiger partial charge on any atom is -0.379 e. The molecule has 1 N–H and O–H groups in total. The predicted octanol–water partition coefficient (Wildman–Crippen LogP) is 0.344. The molecule has 1 atom stereocenters. The van der Waals surface area contributed by atoms with Crippen molar-refractivity contribution in [3.63, 3.8) is 0 Å². The van der Waals surface area contributed by atoms with Crippen LogP contribution in [0.15, 0.2) is 0 Å². The van der Waals surface area contributed by atoms with Gasteiger partial charge in [-0.3, -0.25) is 4.79 Å². The van der Waals surface area contributed by atoms with Crippen LogP contribution >= 0.6 is 0 Å². The number of nitrogens with one attached hydrogen (secondary N) is 1. The van der Waals surface area contributed by atoms with E-state index >= 15 is 0 Å². The first kappa shape index (κ1) is 8.68. The normalized spacial score (nSPS) is 25.0. The monoisotopic (exact) mass is 157 g/mol. The molecule has 0 radical (unpaired) electrons. The van der Waals surface area contributed by atoms with E-state index in [-0.39, 0.29) is 6.04 Å². The van der Waals surface area contributed by atoms with Crippen molar-refractivity contribution in [3.8, 4) is 0 Å². The minimum atomic E-state index is 0.260. The van der Waals surface area contributed by atoms with Gasteiger partial charge < -0.3 is 10.1 Å². The summed E-state index contributed by atoms with van der Waals surface area (Å²) in [5.41, 5.74) is 0. The smallest absolute Gasteiger partial charge is 0.134 e. The molecule has 0 saturated carbocycles. The van der Waals surface area contributed by atoms with E-state index in [0.29, 0.717) is 25.2 Å². The lowest BCUT2D eigenvalue weighted by molar-refractivity contribution is -0.119. The molecule has 0 bridgehead atoms. The molecule has 3 heteroatoms. The highest BCUT2D eigenvalue weighted by molar-refractivity contribution is 5.78. The molecule has 0 aliphatic carbocycles. The molecule has 0 aromatic rings. The Bertz CT molecular complexity index is 130. The van der Waals surface area contributed by atoms with Crippen molar-refractivity contribution in [1.29, 1.82) is 0 Å². The Balaban J connectivity index is 2.19. The summed E-state index contributed by atoms with van der Waals surface area (Å²) >= 11 is 0. The van der Waals surface area contributed by atoms with Crippen LogP contribution < -0.4 is 5.32 Å². The quantitative estimate of drug-likeness (QED) is 0.642. The maximum Gasteiger partial charge on any atom is 0.134 e. The SMILES string of the molecule is CCC(=O)CC1COCCN1. The molecule has 1 saturated heterocycles. The lowest BCUT2D eigenvalue weighted by Crippen LogP contribution is -2.42. The van der Waals surface area contributed by atoms with Crippen LogP contribution in [-0.2, 0) is 9.53 Å². The van der Waals surface area contributed by atoms with Crippen LogP contribution in [0.4, 0.5) is 0 Å². The largest absolute Gasteiger partial charge is 0.379 e. The van der Waals surface area contributed by atoms with Crippen molar-refractivity contribution in [3.05, 3.63) is 0 Å². The Morgan fingerprint density at radius 1 is 1.73 bits per heavy atom. The number of hydrogen-bond acceptors (Lipinski definition) is 3. The number of rotatable bonds is 3. The Morgan fingerprint density at radius 3 is 3.09 bits per heavy atom. The zero-order valence-electron chi connectivity index (χ0n) is 6.93. The van der Waals surface area contributed by atoms with Gasteiger partial charge in [0.05, 0.1) is 13.2 Å². The highest BCUT2D eigenvalue weighted by atomic mass is 16.5. The van der Waals surface area contributed by atoms with E-state index in [2.05, 4.69) is 5.32 Å². The highest BCUT2D eigenvalue weighted by Crippen LogP contribution is 2.00. The van der Waals surface area contributed by atoms with E-state index in [1.165, 1.54) is 0 Å². The third kappa shape index (κ3) is 2.99. The first-order valence-electron chi connectivity index (χ1n) is 4.15. The highest BCUT2D eigenvalue weighted by Gasteiger charge is 2.15. The fourth-order valence-electron chi connectivity index (χ4n) is 1.17. The molecule has 11 heavy (non-hydrogen) atoms. The molecule has 0 spiro atoms. The fraction of sp³-hybridized carbons (Fsp3) is 0.875. The summed E-state index contributed by atoms with van der Waals surface area (Å²) in [6.45, 7) is 4.23. The Labute approximate surface area is 67.1 Å². The van der Waals surface area contributed by atoms with Gasteiger partial charge in [-0.05, 0) is 0 Å². The first-order valence-corrected chi connectivity index (χ1v) is 4.15. The molecule has 0 aromatic heterocycles. The van der Waals surface area contributed by atoms with Gasteiger partial charge in [0.15, 0.2) is 0 Å². The van der Waals surface area contributed by atoms with E-state index in [9.17, 15) is 4.79 Å². The standard InChI is InChI=1S/C8H15NO2/c1-2-8(10)5-7-6-11-4-3-9-7/h7,9H,2-6H2,1H3. The van der Waals surface area contributed by atoms with Crippen LogP contribution in [0.3, 0.4) is 0 Å². The molecule has 1 heterocycles. The van der Waals surface area contributed by atoms with Gasteiger partial charge in [0, 0.05) is 25.4 Å². The number of ether oxygens (including phenoxy) is 1. The molecular formula is C8H15NO2. The Kier molecular flexibility index (Phi) is 3.52. The van der Waals surface area contributed by atoms with E-state index in [0.717, 1.165) is 13.2 Å². The van der Waals surface area contributed by atoms with Gasteiger partial charge in [0.1, 0.15) is 5.78 Å². The average Bonchev–Trinajstić information content (AvgIpc) is 2.06. The van der Waals surface area contributed by atoms with Crippen LogP contribution in [0.5, 0.6) is 0 Å². The van der Waals surface area contributed by atoms with Gasteiger partial charge in [0.2, 0.25) is 0 Å². The van der Waals surface area contributed by atoms with E-state index in [4.69, 9.17) is 4.74 Å². The summed E-state index contributed by atoms with van der Waals surface area (Å²) in [5, 5.41) is 3.24. The van der Waals surface area contributed by atoms with Gasteiger partial charge in [-0.25, -0.2) is 0 Å². The summed E-state index contributed by atoms with van der Waals surface area (Å²) in [6.07, 6.45) is 1.26. The van der Waals surface area contributed by atoms with E-state index in [1.807, 2.05) is 6.92 Å². The molecule has 1 aliphatic rings. The number of carbonyl (C=O) groups is 1. The molecular weight excluding hydrogens is 142 g/mol. The first-order chi connectivity index (χ1) is 5.33. The summed E-state index contributed by atoms with van der Waals surface area (Å²) in [4.78, 5) is 11.0. The van der Waals surface area contributed by atoms with E-state index < -0.39 is 0 Å². The molecule has 1 rings (SSSR count). The predicted molar refractivity (Wildman–Crippen MR) is 42.5 cm³/mol. The lowest BCUT2D eigenvalue weighted by Gasteiger charge is -2.22. The van der Waals surface area contributed by atoms with Crippen molar-refractivity contribution < 1.29 is 9.53 Å². The Morgan fingerprint density at radius 2 is 2.55 bits per heavy atom. The maximum absolute atomic E-state index is 11.0. The number of hydrogen-bond donors (Lipinski definition) is 1. The van der Waals surface area contributed by atoms with Crippen molar-refractivity contribution in [2.24, 2.45) is 0 Å². The summed E-state index contributed by atoms with van der Waals surface area (Å²) in [7, 11) is 0. The fourth-order valence-corrected chi connectivity index (χ4v) is 1.17. The van der Waals surface area contributed by atoms with Crippen LogP contribution in [0, 0.1) is 0 Å². The molecule has 1 unspecified atom stereocenters. The van der Waals surface area contributed by atoms with Crippen LogP contribution in [0.1, 0.15) is 19.8 Å². The van der Waals surface area contributed by atoms with Gasteiger partial charge >= 0.3 is 0 Å². The molecule has 1 aliphatic heterocycles. The number of morpholine rings is 1. The van der Waals surface area contributed by atoms with Gasteiger partial charge in [0.25, 0.3) is 0 Å². The van der Waals surface area contributed by atoms with E-state index in [1.54, 1.807) is 0 Å². The molecule has 0 aromatic carbocycles. The van der Waals surface area contributed by atoms with Crippen molar-refractivity contribution in [2.45, 2.75) is 25.8 Å². The third-order valence-electron chi connectivity index (χ3n) is 1.87. The van der Waals surface area contributed by atoms with Crippen molar-refractivity contribution in [1.82, 2.24) is 5.32 Å². The van der Waals surface area contributed by atoms with Crippen molar-refractivity contribution in [2.75, 3.05) is 19.8 Å².